The molecule has 5 nitrogen and oxygen atoms in total. The van der Waals surface area contributed by atoms with Crippen molar-refractivity contribution in [3.8, 4) is 0 Å². The maximum Gasteiger partial charge on any atom is 0.407 e. The lowest BCUT2D eigenvalue weighted by Crippen LogP contribution is -2.30. The number of carboxylic acid groups (broad SMARTS) is 1. The van der Waals surface area contributed by atoms with Crippen LogP contribution in [0.25, 0.3) is 0 Å². The number of carboxylic acids is 1. The second-order valence-corrected chi connectivity index (χ2v) is 4.26. The van der Waals surface area contributed by atoms with Crippen molar-refractivity contribution in [2.45, 2.75) is 12.5 Å². The van der Waals surface area contributed by atoms with Crippen LogP contribution >= 0.6 is 11.6 Å². The Balaban J connectivity index is 2.87. The molecule has 1 rings (SSSR count). The maximum atomic E-state index is 13.4. The van der Waals surface area contributed by atoms with Gasteiger partial charge in [0.05, 0.1) is 17.5 Å². The molecule has 1 atom stereocenters. The van der Waals surface area contributed by atoms with Crippen LogP contribution in [0.15, 0.2) is 30.9 Å². The number of carbonyl (C=O) groups is 2. The Labute approximate surface area is 120 Å². The number of amides is 1. The van der Waals surface area contributed by atoms with Crippen LogP contribution in [-0.4, -0.2) is 23.8 Å². The van der Waals surface area contributed by atoms with Crippen molar-refractivity contribution in [1.29, 1.82) is 0 Å². The molecule has 0 aliphatic heterocycles. The molecular formula is C13H13ClFNO4. The van der Waals surface area contributed by atoms with Gasteiger partial charge in [0.25, 0.3) is 0 Å². The van der Waals surface area contributed by atoms with Crippen molar-refractivity contribution in [3.05, 3.63) is 47.3 Å². The summed E-state index contributed by atoms with van der Waals surface area (Å²) in [6.45, 7) is 3.36. The Kier molecular flexibility index (Phi) is 5.99. The Bertz CT molecular complexity index is 521. The van der Waals surface area contributed by atoms with E-state index in [9.17, 15) is 14.0 Å². The van der Waals surface area contributed by atoms with E-state index in [1.54, 1.807) is 0 Å². The summed E-state index contributed by atoms with van der Waals surface area (Å²) in [5, 5.41) is 11.1. The fraction of sp³-hybridized carbons (Fsp3) is 0.231. The Morgan fingerprint density at radius 1 is 1.55 bits per heavy atom. The number of alkyl carbamates (subject to hydrolysis) is 1. The molecule has 0 bridgehead atoms. The van der Waals surface area contributed by atoms with Gasteiger partial charge in [-0.15, -0.1) is 0 Å². The van der Waals surface area contributed by atoms with E-state index in [-0.39, 0.29) is 17.2 Å². The van der Waals surface area contributed by atoms with Crippen molar-refractivity contribution < 1.29 is 23.8 Å². The largest absolute Gasteiger partial charge is 0.481 e. The van der Waals surface area contributed by atoms with Gasteiger partial charge in [0.1, 0.15) is 12.4 Å². The van der Waals surface area contributed by atoms with Gasteiger partial charge in [-0.2, -0.15) is 0 Å². The van der Waals surface area contributed by atoms with Crippen LogP contribution in [0.1, 0.15) is 18.0 Å². The summed E-state index contributed by atoms with van der Waals surface area (Å²) in [6, 6.07) is 2.88. The lowest BCUT2D eigenvalue weighted by molar-refractivity contribution is -0.137. The number of ether oxygens (including phenoxy) is 1. The smallest absolute Gasteiger partial charge is 0.407 e. The molecule has 1 aromatic rings. The molecule has 1 unspecified atom stereocenters. The maximum absolute atomic E-state index is 13.4. The molecule has 0 aromatic heterocycles. The molecule has 1 aromatic carbocycles. The molecule has 1 amide bonds. The van der Waals surface area contributed by atoms with Crippen LogP contribution in [0, 0.1) is 5.82 Å². The minimum absolute atomic E-state index is 0.0133. The highest BCUT2D eigenvalue weighted by Crippen LogP contribution is 2.22. The van der Waals surface area contributed by atoms with E-state index in [1.165, 1.54) is 18.2 Å². The highest BCUT2D eigenvalue weighted by Gasteiger charge is 2.19. The Morgan fingerprint density at radius 2 is 2.25 bits per heavy atom. The molecule has 0 aliphatic rings. The van der Waals surface area contributed by atoms with Gasteiger partial charge in [-0.05, 0) is 17.7 Å². The van der Waals surface area contributed by atoms with E-state index >= 15 is 0 Å². The van der Waals surface area contributed by atoms with Crippen LogP contribution in [0.3, 0.4) is 0 Å². The number of benzene rings is 1. The first kappa shape index (κ1) is 16.0. The monoisotopic (exact) mass is 301 g/mol. The molecular weight excluding hydrogens is 289 g/mol. The molecule has 0 saturated heterocycles. The van der Waals surface area contributed by atoms with Gasteiger partial charge in [-0.3, -0.25) is 4.79 Å². The average Bonchev–Trinajstić information content (AvgIpc) is 2.38. The number of halogens is 2. The van der Waals surface area contributed by atoms with Crippen molar-refractivity contribution in [2.75, 3.05) is 6.61 Å². The highest BCUT2D eigenvalue weighted by molar-refractivity contribution is 6.30. The molecule has 7 heteroatoms. The first-order valence-electron chi connectivity index (χ1n) is 5.65. The topological polar surface area (TPSA) is 75.6 Å². The third-order valence-electron chi connectivity index (χ3n) is 2.35. The van der Waals surface area contributed by atoms with Gasteiger partial charge >= 0.3 is 12.1 Å². The molecule has 0 aliphatic carbocycles. The molecule has 108 valence electrons. The molecule has 0 saturated carbocycles. The van der Waals surface area contributed by atoms with Crippen molar-refractivity contribution in [2.24, 2.45) is 0 Å². The van der Waals surface area contributed by atoms with Crippen LogP contribution < -0.4 is 5.32 Å². The molecule has 0 radical (unpaired) electrons. The van der Waals surface area contributed by atoms with Gasteiger partial charge in [0.15, 0.2) is 0 Å². The summed E-state index contributed by atoms with van der Waals surface area (Å²) in [4.78, 5) is 22.2. The fourth-order valence-electron chi connectivity index (χ4n) is 1.47. The molecule has 20 heavy (non-hydrogen) atoms. The number of hydrogen-bond acceptors (Lipinski definition) is 3. The molecule has 0 heterocycles. The third kappa shape index (κ3) is 4.89. The average molecular weight is 302 g/mol. The van der Waals surface area contributed by atoms with Crippen LogP contribution in [-0.2, 0) is 9.53 Å². The van der Waals surface area contributed by atoms with Gasteiger partial charge < -0.3 is 15.2 Å². The van der Waals surface area contributed by atoms with E-state index in [1.807, 2.05) is 0 Å². The van der Waals surface area contributed by atoms with Gasteiger partial charge in [0.2, 0.25) is 0 Å². The molecule has 2 N–H and O–H groups in total. The van der Waals surface area contributed by atoms with Crippen molar-refractivity contribution in [1.82, 2.24) is 5.32 Å². The van der Waals surface area contributed by atoms with Crippen LogP contribution in [0.5, 0.6) is 0 Å². The van der Waals surface area contributed by atoms with E-state index in [0.29, 0.717) is 0 Å². The summed E-state index contributed by atoms with van der Waals surface area (Å²) in [7, 11) is 0. The van der Waals surface area contributed by atoms with E-state index in [2.05, 4.69) is 11.9 Å². The van der Waals surface area contributed by atoms with Gasteiger partial charge in [-0.25, -0.2) is 9.18 Å². The highest BCUT2D eigenvalue weighted by atomic mass is 35.5. The first-order valence-corrected chi connectivity index (χ1v) is 6.02. The molecule has 0 spiro atoms. The summed E-state index contributed by atoms with van der Waals surface area (Å²) < 4.78 is 18.1. The fourth-order valence-corrected chi connectivity index (χ4v) is 1.59. The van der Waals surface area contributed by atoms with Crippen molar-refractivity contribution >= 4 is 23.7 Å². The minimum Gasteiger partial charge on any atom is -0.481 e. The van der Waals surface area contributed by atoms with E-state index in [0.717, 1.165) is 6.07 Å². The minimum atomic E-state index is -1.14. The molecule has 0 fully saturated rings. The van der Waals surface area contributed by atoms with Gasteiger partial charge in [0, 0.05) is 0 Å². The number of nitrogens with one attached hydrogen (secondary N) is 1. The predicted molar refractivity (Wildman–Crippen MR) is 71.1 cm³/mol. The quantitative estimate of drug-likeness (QED) is 0.792. The number of rotatable bonds is 6. The Hall–Kier alpha value is -2.08. The first-order chi connectivity index (χ1) is 9.43. The van der Waals surface area contributed by atoms with Crippen molar-refractivity contribution in [3.63, 3.8) is 0 Å². The number of carbonyl (C=O) groups excluding carboxylic acids is 1. The van der Waals surface area contributed by atoms with E-state index < -0.39 is 30.3 Å². The van der Waals surface area contributed by atoms with E-state index in [4.69, 9.17) is 21.4 Å². The summed E-state index contributed by atoms with van der Waals surface area (Å²) in [5.41, 5.74) is 0.282. The van der Waals surface area contributed by atoms with Crippen LogP contribution in [0.2, 0.25) is 5.02 Å². The number of aliphatic carboxylic acids is 1. The lowest BCUT2D eigenvalue weighted by Gasteiger charge is -2.17. The summed E-state index contributed by atoms with van der Waals surface area (Å²) in [6.07, 6.45) is 0.143. The van der Waals surface area contributed by atoms with Crippen LogP contribution in [0.4, 0.5) is 9.18 Å². The lowest BCUT2D eigenvalue weighted by atomic mass is 10.0. The standard InChI is InChI=1S/C13H13ClFNO4/c1-2-5-20-13(19)16-11(7-12(17)18)8-3-4-9(14)10(15)6-8/h2-4,6,11H,1,5,7H2,(H,16,19)(H,17,18). The SMILES string of the molecule is C=CCOC(=O)NC(CC(=O)O)c1ccc(Cl)c(F)c1. The second kappa shape index (κ2) is 7.49. The third-order valence-corrected chi connectivity index (χ3v) is 2.66. The zero-order chi connectivity index (χ0) is 15.1. The zero-order valence-corrected chi connectivity index (χ0v) is 11.2. The normalized spacial score (nSPS) is 11.5. The predicted octanol–water partition coefficient (Wildman–Crippen LogP) is 2.91. The Morgan fingerprint density at radius 3 is 2.80 bits per heavy atom. The second-order valence-electron chi connectivity index (χ2n) is 3.86. The summed E-state index contributed by atoms with van der Waals surface area (Å²) in [5.74, 6) is -1.84. The zero-order valence-electron chi connectivity index (χ0n) is 10.4. The number of hydrogen-bond donors (Lipinski definition) is 2. The summed E-state index contributed by atoms with van der Waals surface area (Å²) >= 11 is 5.55. The van der Waals surface area contributed by atoms with Gasteiger partial charge in [-0.1, -0.05) is 30.3 Å².